The van der Waals surface area contributed by atoms with Crippen molar-refractivity contribution < 1.29 is 38.2 Å². The Labute approximate surface area is 256 Å². The highest BCUT2D eigenvalue weighted by molar-refractivity contribution is 5.95. The number of rotatable bonds is 11. The average molecular weight is 604 g/mol. The molecular weight excluding hydrogens is 566 g/mol. The van der Waals surface area contributed by atoms with Crippen LogP contribution in [0.5, 0.6) is 11.5 Å². The number of carbonyl (C=O) groups is 3. The highest BCUT2D eigenvalue weighted by atomic mass is 16.6. The van der Waals surface area contributed by atoms with E-state index in [1.807, 2.05) is 31.2 Å². The molecule has 2 aromatic rings. The van der Waals surface area contributed by atoms with Crippen LogP contribution in [-0.2, 0) is 20.9 Å². The Hall–Kier alpha value is -5.02. The Morgan fingerprint density at radius 3 is 2.14 bits per heavy atom. The second kappa shape index (κ2) is 16.0. The Morgan fingerprint density at radius 2 is 1.48 bits per heavy atom. The summed E-state index contributed by atoms with van der Waals surface area (Å²) < 4.78 is 22.4. The molecule has 0 bridgehead atoms. The SMILES string of the molecule is CCON=C=C1C=CC(Oc2cc(OCc3ccc(C(=O)OCC)cc3)cc(C(=O)N3CCN(C(=O)OCC)CC3)c2)C=C1. The van der Waals surface area contributed by atoms with Crippen molar-refractivity contribution in [2.75, 3.05) is 46.0 Å². The summed E-state index contributed by atoms with van der Waals surface area (Å²) in [4.78, 5) is 45.9. The van der Waals surface area contributed by atoms with E-state index in [0.717, 1.165) is 11.1 Å². The number of amides is 2. The molecule has 0 spiro atoms. The van der Waals surface area contributed by atoms with Gasteiger partial charge in [0.15, 0.2) is 0 Å². The lowest BCUT2D eigenvalue weighted by Gasteiger charge is -2.34. The molecule has 1 saturated heterocycles. The van der Waals surface area contributed by atoms with Gasteiger partial charge in [0.05, 0.1) is 18.8 Å². The average Bonchev–Trinajstić information content (AvgIpc) is 3.05. The molecule has 0 atom stereocenters. The Bertz CT molecular complexity index is 1420. The van der Waals surface area contributed by atoms with E-state index < -0.39 is 6.10 Å². The summed E-state index contributed by atoms with van der Waals surface area (Å²) in [5, 5.41) is 3.76. The third-order valence-electron chi connectivity index (χ3n) is 6.66. The number of nitrogens with zero attached hydrogens (tertiary/aromatic N) is 3. The fraction of sp³-hybridized carbons (Fsp3) is 0.364. The van der Waals surface area contributed by atoms with Gasteiger partial charge < -0.3 is 33.6 Å². The van der Waals surface area contributed by atoms with Crippen LogP contribution in [0.4, 0.5) is 4.79 Å². The van der Waals surface area contributed by atoms with Gasteiger partial charge in [-0.05, 0) is 80.1 Å². The van der Waals surface area contributed by atoms with Crippen molar-refractivity contribution in [2.24, 2.45) is 5.16 Å². The fourth-order valence-electron chi connectivity index (χ4n) is 4.43. The second-order valence-corrected chi connectivity index (χ2v) is 9.75. The third-order valence-corrected chi connectivity index (χ3v) is 6.66. The number of benzene rings is 2. The minimum atomic E-state index is -0.394. The topological polar surface area (TPSA) is 116 Å². The van der Waals surface area contributed by atoms with Crippen molar-refractivity contribution in [1.82, 2.24) is 9.80 Å². The van der Waals surface area contributed by atoms with E-state index in [4.69, 9.17) is 23.8 Å². The first-order valence-electron chi connectivity index (χ1n) is 14.6. The van der Waals surface area contributed by atoms with Crippen LogP contribution in [0.25, 0.3) is 0 Å². The molecule has 0 radical (unpaired) electrons. The molecule has 4 rings (SSSR count). The zero-order chi connectivity index (χ0) is 31.3. The van der Waals surface area contributed by atoms with E-state index >= 15 is 0 Å². The van der Waals surface area contributed by atoms with Gasteiger partial charge in [-0.3, -0.25) is 4.79 Å². The van der Waals surface area contributed by atoms with Crippen LogP contribution < -0.4 is 9.47 Å². The first-order valence-corrected chi connectivity index (χ1v) is 14.6. The lowest BCUT2D eigenvalue weighted by atomic mass is 10.1. The summed E-state index contributed by atoms with van der Waals surface area (Å²) >= 11 is 0. The zero-order valence-electron chi connectivity index (χ0n) is 25.2. The molecule has 44 heavy (non-hydrogen) atoms. The maximum absolute atomic E-state index is 13.6. The van der Waals surface area contributed by atoms with Crippen LogP contribution in [0, 0.1) is 0 Å². The highest BCUT2D eigenvalue weighted by Gasteiger charge is 2.26. The van der Waals surface area contributed by atoms with Crippen LogP contribution in [0.2, 0.25) is 0 Å². The molecule has 1 aliphatic heterocycles. The van der Waals surface area contributed by atoms with Crippen LogP contribution in [-0.4, -0.2) is 85.7 Å². The standard InChI is InChI=1S/C33H37N3O8/c1-4-40-32(38)26-11-7-25(8-12-26)23-42-29-19-27(31(37)35-15-17-36(18-16-35)33(39)41-5-2)20-30(21-29)44-28-13-9-24(10-14-28)22-34-43-6-3/h7-14,19-21,28H,4-6,15-18,23H2,1-3H3. The molecule has 232 valence electrons. The smallest absolute Gasteiger partial charge is 0.409 e. The van der Waals surface area contributed by atoms with Crippen LogP contribution in [0.15, 0.2) is 77.5 Å². The summed E-state index contributed by atoms with van der Waals surface area (Å²) in [5.74, 6) is 3.11. The molecule has 0 unspecified atom stereocenters. The van der Waals surface area contributed by atoms with E-state index in [1.165, 1.54) is 0 Å². The first kappa shape index (κ1) is 31.9. The molecule has 11 nitrogen and oxygen atoms in total. The van der Waals surface area contributed by atoms with Gasteiger partial charge in [0.2, 0.25) is 0 Å². The zero-order valence-corrected chi connectivity index (χ0v) is 25.2. The predicted molar refractivity (Wildman–Crippen MR) is 163 cm³/mol. The first-order chi connectivity index (χ1) is 21.4. The number of hydrogen-bond acceptors (Lipinski definition) is 9. The summed E-state index contributed by atoms with van der Waals surface area (Å²) in [6.07, 6.45) is 6.56. The molecule has 0 aromatic heterocycles. The molecule has 1 aliphatic carbocycles. The minimum Gasteiger partial charge on any atom is -0.489 e. The molecule has 1 heterocycles. The van der Waals surface area contributed by atoms with Gasteiger partial charge >= 0.3 is 12.1 Å². The van der Waals surface area contributed by atoms with Crippen molar-refractivity contribution in [1.29, 1.82) is 0 Å². The number of piperazine rings is 1. The van der Waals surface area contributed by atoms with E-state index in [1.54, 1.807) is 66.1 Å². The number of ether oxygens (including phenoxy) is 4. The second-order valence-electron chi connectivity index (χ2n) is 9.75. The maximum atomic E-state index is 13.6. The summed E-state index contributed by atoms with van der Waals surface area (Å²) in [7, 11) is 0. The van der Waals surface area contributed by atoms with Crippen molar-refractivity contribution in [3.63, 3.8) is 0 Å². The van der Waals surface area contributed by atoms with Gasteiger partial charge in [0.1, 0.15) is 30.8 Å². The number of allylic oxidation sites excluding steroid dienone is 3. The highest BCUT2D eigenvalue weighted by Crippen LogP contribution is 2.27. The van der Waals surface area contributed by atoms with Gasteiger partial charge in [-0.2, -0.15) is 0 Å². The van der Waals surface area contributed by atoms with E-state index in [0.29, 0.717) is 68.6 Å². The quantitative estimate of drug-likeness (QED) is 0.205. The van der Waals surface area contributed by atoms with Crippen molar-refractivity contribution >= 4 is 23.8 Å². The number of carbonyl (C=O) groups excluding carboxylic acids is 3. The molecular formula is C33H37N3O8. The summed E-state index contributed by atoms with van der Waals surface area (Å²) in [6, 6.07) is 12.0. The van der Waals surface area contributed by atoms with Crippen molar-refractivity contribution in [3.05, 3.63) is 89.0 Å². The van der Waals surface area contributed by atoms with Gasteiger partial charge in [0, 0.05) is 49.3 Å². The normalized spacial score (nSPS) is 15.7. The van der Waals surface area contributed by atoms with E-state index in [9.17, 15) is 14.4 Å². The number of esters is 1. The van der Waals surface area contributed by atoms with Gasteiger partial charge in [-0.1, -0.05) is 12.1 Å². The van der Waals surface area contributed by atoms with Gasteiger partial charge in [-0.15, -0.1) is 0 Å². The van der Waals surface area contributed by atoms with Crippen molar-refractivity contribution in [2.45, 2.75) is 33.5 Å². The third kappa shape index (κ3) is 8.99. The van der Waals surface area contributed by atoms with Gasteiger partial charge in [0.25, 0.3) is 5.91 Å². The molecule has 11 heteroatoms. The Balaban J connectivity index is 1.49. The summed E-state index contributed by atoms with van der Waals surface area (Å²) in [5.41, 5.74) is 2.42. The van der Waals surface area contributed by atoms with Crippen molar-refractivity contribution in [3.8, 4) is 11.5 Å². The van der Waals surface area contributed by atoms with Crippen LogP contribution in [0.3, 0.4) is 0 Å². The Kier molecular flexibility index (Phi) is 11.6. The van der Waals surface area contributed by atoms with Gasteiger partial charge in [-0.25, -0.2) is 9.59 Å². The Morgan fingerprint density at radius 1 is 0.818 bits per heavy atom. The van der Waals surface area contributed by atoms with E-state index in [-0.39, 0.29) is 24.6 Å². The lowest BCUT2D eigenvalue weighted by Crippen LogP contribution is -2.50. The fourth-order valence-corrected chi connectivity index (χ4v) is 4.43. The molecule has 0 saturated carbocycles. The molecule has 0 N–H and O–H groups in total. The molecule has 2 amide bonds. The van der Waals surface area contributed by atoms with Crippen LogP contribution >= 0.6 is 0 Å². The minimum absolute atomic E-state index is 0.199. The molecule has 2 aromatic carbocycles. The monoisotopic (exact) mass is 603 g/mol. The van der Waals surface area contributed by atoms with E-state index in [2.05, 4.69) is 11.0 Å². The predicted octanol–water partition coefficient (Wildman–Crippen LogP) is 4.78. The lowest BCUT2D eigenvalue weighted by molar-refractivity contribution is 0.0526. The number of hydrogen-bond donors (Lipinski definition) is 0. The largest absolute Gasteiger partial charge is 0.489 e. The summed E-state index contributed by atoms with van der Waals surface area (Å²) in [6.45, 7) is 8.13. The van der Waals surface area contributed by atoms with Crippen LogP contribution in [0.1, 0.15) is 47.1 Å². The molecule has 1 fully saturated rings. The maximum Gasteiger partial charge on any atom is 0.409 e. The molecule has 2 aliphatic rings.